The number of nitrogens with zero attached hydrogens (tertiary/aromatic N) is 1. The normalized spacial score (nSPS) is 10.6. The zero-order chi connectivity index (χ0) is 12.4. The summed E-state index contributed by atoms with van der Waals surface area (Å²) in [5, 5.41) is 19.2. The molecule has 0 fully saturated rings. The Morgan fingerprint density at radius 3 is 2.12 bits per heavy atom. The number of fused-ring (bicyclic) bond motifs is 1. The first kappa shape index (κ1) is 11.1. The summed E-state index contributed by atoms with van der Waals surface area (Å²) in [4.78, 5) is 22.2. The second-order valence-corrected chi connectivity index (χ2v) is 3.40. The summed E-state index contributed by atoms with van der Waals surface area (Å²) < 4.78 is 0. The number of rotatable bonds is 1. The van der Waals surface area contributed by atoms with Crippen molar-refractivity contribution in [1.82, 2.24) is 4.90 Å². The summed E-state index contributed by atoms with van der Waals surface area (Å²) in [6, 6.07) is 11.9. The maximum absolute atomic E-state index is 10.9. The van der Waals surface area contributed by atoms with Crippen LogP contribution in [0.3, 0.4) is 0 Å². The lowest BCUT2D eigenvalue weighted by molar-refractivity contribution is 0.160. The van der Waals surface area contributed by atoms with Crippen LogP contribution in [0.1, 0.15) is 0 Å². The van der Waals surface area contributed by atoms with E-state index < -0.39 is 12.2 Å². The number of hydrogen-bond acceptors (Lipinski definition) is 2. The predicted octanol–water partition coefficient (Wildman–Crippen LogP) is 2.97. The van der Waals surface area contributed by atoms with Crippen LogP contribution < -0.4 is 4.90 Å². The van der Waals surface area contributed by atoms with Crippen molar-refractivity contribution in [3.05, 3.63) is 42.5 Å². The van der Waals surface area contributed by atoms with Crippen LogP contribution in [0.4, 0.5) is 15.3 Å². The number of imide groups is 1. The van der Waals surface area contributed by atoms with E-state index in [2.05, 4.69) is 0 Å². The van der Waals surface area contributed by atoms with Gasteiger partial charge in [-0.1, -0.05) is 30.3 Å². The van der Waals surface area contributed by atoms with Gasteiger partial charge in [-0.25, -0.2) is 0 Å². The molecule has 2 N–H and O–H groups in total. The van der Waals surface area contributed by atoms with Crippen molar-refractivity contribution in [2.75, 3.05) is 0 Å². The molecule has 0 saturated heterocycles. The summed E-state index contributed by atoms with van der Waals surface area (Å²) in [5.74, 6) is 0. The van der Waals surface area contributed by atoms with Crippen molar-refractivity contribution in [3.8, 4) is 0 Å². The van der Waals surface area contributed by atoms with Gasteiger partial charge in [-0.05, 0) is 11.5 Å². The zero-order valence-electron chi connectivity index (χ0n) is 8.70. The van der Waals surface area contributed by atoms with Crippen LogP contribution in [-0.2, 0) is 0 Å². The van der Waals surface area contributed by atoms with E-state index in [1.807, 2.05) is 0 Å². The summed E-state index contributed by atoms with van der Waals surface area (Å²) >= 11 is 0. The molecule has 2 aromatic carbocycles. The highest BCUT2D eigenvalue weighted by Gasteiger charge is 2.39. The Hall–Kier alpha value is -2.40. The number of amides is 2. The fraction of sp³-hybridized carbons (Fsp3) is 0. The number of hydrogen-bond donors (Lipinski definition) is 2. The Kier molecular flexibility index (Phi) is 2.76. The van der Waals surface area contributed by atoms with Crippen molar-refractivity contribution >= 4 is 28.6 Å². The van der Waals surface area contributed by atoms with E-state index in [1.165, 1.54) is 6.07 Å². The molecule has 0 aliphatic rings. The first-order chi connectivity index (χ1) is 8.11. The molecule has 85 valence electrons. The Morgan fingerprint density at radius 2 is 1.47 bits per heavy atom. The van der Waals surface area contributed by atoms with Crippen LogP contribution in [0.15, 0.2) is 42.5 Å². The topological polar surface area (TPSA) is 80.5 Å². The smallest absolute Gasteiger partial charge is 0.431 e. The average Bonchev–Trinajstić information content (AvgIpc) is 2.28. The van der Waals surface area contributed by atoms with Gasteiger partial charge in [-0.3, -0.25) is 0 Å². The average molecular weight is 231 g/mol. The van der Waals surface area contributed by atoms with E-state index in [0.717, 1.165) is 5.39 Å². The van der Waals surface area contributed by atoms with Crippen LogP contribution in [0.5, 0.6) is 0 Å². The third-order valence-corrected chi connectivity index (χ3v) is 2.39. The van der Waals surface area contributed by atoms with Crippen molar-refractivity contribution < 1.29 is 19.8 Å². The Labute approximate surface area is 96.5 Å². The standard InChI is InChI=1S/C12H9NO4/c14-11(15)13(12(16)17)10-7-3-5-8-4-1-2-6-9(8)10/h1-7H,(H,14,15)(H,16,17)/q+1. The maximum Gasteiger partial charge on any atom is 0.581 e. The van der Waals surface area contributed by atoms with Gasteiger partial charge in [0.2, 0.25) is 5.69 Å². The van der Waals surface area contributed by atoms with Crippen LogP contribution in [0, 0.1) is 0 Å². The van der Waals surface area contributed by atoms with Crippen molar-refractivity contribution in [1.29, 1.82) is 0 Å². The molecule has 0 atom stereocenters. The molecule has 17 heavy (non-hydrogen) atoms. The van der Waals surface area contributed by atoms with Gasteiger partial charge in [-0.15, -0.1) is 0 Å². The van der Waals surface area contributed by atoms with Gasteiger partial charge in [0, 0.05) is 11.5 Å². The molecule has 5 heteroatoms. The van der Waals surface area contributed by atoms with Crippen LogP contribution >= 0.6 is 0 Å². The molecule has 0 unspecified atom stereocenters. The maximum atomic E-state index is 10.9. The molecule has 0 aromatic heterocycles. The number of benzene rings is 2. The molecule has 0 spiro atoms. The molecule has 5 nitrogen and oxygen atoms in total. The lowest BCUT2D eigenvalue weighted by atomic mass is 10.1. The minimum atomic E-state index is -1.52. The third kappa shape index (κ3) is 1.95. The molecule has 0 bridgehead atoms. The minimum Gasteiger partial charge on any atom is -0.431 e. The van der Waals surface area contributed by atoms with E-state index in [0.29, 0.717) is 10.3 Å². The Balaban J connectivity index is 2.69. The fourth-order valence-electron chi connectivity index (χ4n) is 1.69. The van der Waals surface area contributed by atoms with Gasteiger partial charge in [0.15, 0.2) is 0 Å². The van der Waals surface area contributed by atoms with Crippen LogP contribution in [-0.4, -0.2) is 22.4 Å². The number of anilines is 1. The SMILES string of the molecule is O=C(O)[N+](C(=O)O)c1cccc2ccccc12. The first-order valence-electron chi connectivity index (χ1n) is 4.85. The van der Waals surface area contributed by atoms with E-state index >= 15 is 0 Å². The summed E-state index contributed by atoms with van der Waals surface area (Å²) in [6.45, 7) is 0. The molecule has 0 saturated carbocycles. The van der Waals surface area contributed by atoms with Gasteiger partial charge in [0.25, 0.3) is 0 Å². The Bertz CT molecular complexity index is 575. The molecule has 2 aromatic rings. The van der Waals surface area contributed by atoms with E-state index in [-0.39, 0.29) is 5.69 Å². The highest BCUT2D eigenvalue weighted by atomic mass is 16.4. The monoisotopic (exact) mass is 231 g/mol. The molecule has 2 rings (SSSR count). The summed E-state index contributed by atoms with van der Waals surface area (Å²) in [5.41, 5.74) is 0.142. The highest BCUT2D eigenvalue weighted by Crippen LogP contribution is 2.26. The van der Waals surface area contributed by atoms with Gasteiger partial charge in [0.05, 0.1) is 4.90 Å². The first-order valence-corrected chi connectivity index (χ1v) is 4.85. The lowest BCUT2D eigenvalue weighted by Crippen LogP contribution is -2.35. The largest absolute Gasteiger partial charge is 0.581 e. The lowest BCUT2D eigenvalue weighted by Gasteiger charge is -2.03. The quantitative estimate of drug-likeness (QED) is 0.739. The van der Waals surface area contributed by atoms with E-state index in [4.69, 9.17) is 10.2 Å². The molecule has 0 aliphatic carbocycles. The van der Waals surface area contributed by atoms with Gasteiger partial charge >= 0.3 is 12.2 Å². The summed E-state index contributed by atoms with van der Waals surface area (Å²) in [6.07, 6.45) is -3.04. The predicted molar refractivity (Wildman–Crippen MR) is 61.8 cm³/mol. The summed E-state index contributed by atoms with van der Waals surface area (Å²) in [7, 11) is 0. The molecule has 0 aliphatic heterocycles. The molecule has 1 radical (unpaired) electrons. The fourth-order valence-corrected chi connectivity index (χ4v) is 1.69. The second-order valence-electron chi connectivity index (χ2n) is 3.40. The molecular weight excluding hydrogens is 222 g/mol. The van der Waals surface area contributed by atoms with Crippen LogP contribution in [0.25, 0.3) is 10.8 Å². The molecule has 2 amide bonds. The van der Waals surface area contributed by atoms with Crippen molar-refractivity contribution in [2.45, 2.75) is 0 Å². The highest BCUT2D eigenvalue weighted by molar-refractivity contribution is 6.04. The molecule has 0 heterocycles. The third-order valence-electron chi connectivity index (χ3n) is 2.39. The van der Waals surface area contributed by atoms with Gasteiger partial charge < -0.3 is 10.2 Å². The van der Waals surface area contributed by atoms with Gasteiger partial charge in [-0.2, -0.15) is 9.59 Å². The van der Waals surface area contributed by atoms with Gasteiger partial charge in [0.1, 0.15) is 0 Å². The van der Waals surface area contributed by atoms with Crippen molar-refractivity contribution in [2.24, 2.45) is 0 Å². The Morgan fingerprint density at radius 1 is 0.882 bits per heavy atom. The number of carbonyl (C=O) groups is 2. The number of carboxylic acid groups (broad SMARTS) is 2. The van der Waals surface area contributed by atoms with E-state index in [1.54, 1.807) is 36.4 Å². The van der Waals surface area contributed by atoms with Crippen molar-refractivity contribution in [3.63, 3.8) is 0 Å². The zero-order valence-corrected chi connectivity index (χ0v) is 8.70. The molecular formula is C12H9NO4+. The minimum absolute atomic E-state index is 0.142. The second kappa shape index (κ2) is 4.23. The van der Waals surface area contributed by atoms with Crippen LogP contribution in [0.2, 0.25) is 0 Å². The van der Waals surface area contributed by atoms with E-state index in [9.17, 15) is 9.59 Å².